The van der Waals surface area contributed by atoms with Crippen molar-refractivity contribution in [2.24, 2.45) is 7.05 Å². The number of hydrogen-bond donors (Lipinski definition) is 2. The lowest BCUT2D eigenvalue weighted by Crippen LogP contribution is -2.15. The molecule has 4 aromatic rings. The summed E-state index contributed by atoms with van der Waals surface area (Å²) >= 11 is 1.37. The van der Waals surface area contributed by atoms with E-state index >= 15 is 0 Å². The number of rotatable bonds is 5. The van der Waals surface area contributed by atoms with E-state index in [1.165, 1.54) is 11.3 Å². The fourth-order valence-corrected chi connectivity index (χ4v) is 3.39. The largest absolute Gasteiger partial charge is 0.322 e. The highest BCUT2D eigenvalue weighted by Gasteiger charge is 2.14. The van der Waals surface area contributed by atoms with Crippen LogP contribution in [0.1, 0.15) is 20.8 Å². The van der Waals surface area contributed by atoms with Crippen molar-refractivity contribution in [3.8, 4) is 10.6 Å². The normalized spacial score (nSPS) is 10.5. The Morgan fingerprint density at radius 3 is 2.59 bits per heavy atom. The summed E-state index contributed by atoms with van der Waals surface area (Å²) in [5.74, 6) is -0.622. The van der Waals surface area contributed by atoms with Gasteiger partial charge in [-0.3, -0.25) is 19.3 Å². The molecule has 2 amide bonds. The van der Waals surface area contributed by atoms with E-state index < -0.39 is 0 Å². The highest BCUT2D eigenvalue weighted by Crippen LogP contribution is 2.23. The van der Waals surface area contributed by atoms with Crippen LogP contribution in [0.4, 0.5) is 11.4 Å². The van der Waals surface area contributed by atoms with Crippen LogP contribution in [0.25, 0.3) is 10.6 Å². The van der Waals surface area contributed by atoms with Crippen molar-refractivity contribution in [2.75, 3.05) is 10.6 Å². The average Bonchev–Trinajstić information content (AvgIpc) is 3.38. The Morgan fingerprint density at radius 2 is 1.83 bits per heavy atom. The summed E-state index contributed by atoms with van der Waals surface area (Å²) in [5.41, 5.74) is 2.74. The second-order valence-corrected chi connectivity index (χ2v) is 7.02. The molecule has 0 aliphatic rings. The molecular weight excluding hydrogens is 388 g/mol. The number of amides is 2. The molecule has 0 bridgehead atoms. The van der Waals surface area contributed by atoms with Gasteiger partial charge in [0.25, 0.3) is 11.8 Å². The molecular formula is C20H16N6O2S. The van der Waals surface area contributed by atoms with E-state index in [4.69, 9.17) is 0 Å². The van der Waals surface area contributed by atoms with Gasteiger partial charge in [0.2, 0.25) is 0 Å². The molecule has 9 heteroatoms. The van der Waals surface area contributed by atoms with E-state index in [1.807, 2.05) is 13.2 Å². The van der Waals surface area contributed by atoms with E-state index in [-0.39, 0.29) is 11.8 Å². The number of carbonyl (C=O) groups is 2. The standard InChI is InChI=1S/C20H16N6O2S/c1-26-11-14(10-22-26)20-25-17(12-29-20)19(28)24-16-4-2-3-13(9-16)18(27)23-15-5-7-21-8-6-15/h2-12H,1H3,(H,24,28)(H,21,23,27). The molecule has 2 N–H and O–H groups in total. The number of nitrogens with zero attached hydrogens (tertiary/aromatic N) is 4. The quantitative estimate of drug-likeness (QED) is 0.530. The van der Waals surface area contributed by atoms with Gasteiger partial charge in [-0.15, -0.1) is 11.3 Å². The maximum Gasteiger partial charge on any atom is 0.275 e. The summed E-state index contributed by atoms with van der Waals surface area (Å²) in [5, 5.41) is 12.1. The SMILES string of the molecule is Cn1cc(-c2nc(C(=O)Nc3cccc(C(=O)Nc4ccncc4)c3)cs2)cn1. The number of hydrogen-bond acceptors (Lipinski definition) is 6. The molecule has 1 aromatic carbocycles. The Bertz CT molecular complexity index is 1170. The first-order chi connectivity index (χ1) is 14.1. The van der Waals surface area contributed by atoms with E-state index in [0.717, 1.165) is 5.56 Å². The Morgan fingerprint density at radius 1 is 1.03 bits per heavy atom. The first-order valence-electron chi connectivity index (χ1n) is 8.66. The summed E-state index contributed by atoms with van der Waals surface area (Å²) in [6.07, 6.45) is 6.73. The lowest BCUT2D eigenvalue weighted by molar-refractivity contribution is 0.101. The monoisotopic (exact) mass is 404 g/mol. The van der Waals surface area contributed by atoms with Crippen molar-refractivity contribution < 1.29 is 9.59 Å². The number of nitrogens with one attached hydrogen (secondary N) is 2. The number of aromatic nitrogens is 4. The van der Waals surface area contributed by atoms with Crippen LogP contribution in [0.3, 0.4) is 0 Å². The zero-order valence-corrected chi connectivity index (χ0v) is 16.2. The second kappa shape index (κ2) is 8.03. The lowest BCUT2D eigenvalue weighted by Gasteiger charge is -2.07. The van der Waals surface area contributed by atoms with Crippen molar-refractivity contribution in [3.63, 3.8) is 0 Å². The van der Waals surface area contributed by atoms with Crippen molar-refractivity contribution >= 4 is 34.5 Å². The molecule has 0 aliphatic heterocycles. The molecule has 0 saturated carbocycles. The van der Waals surface area contributed by atoms with E-state index in [0.29, 0.717) is 27.6 Å². The van der Waals surface area contributed by atoms with Crippen LogP contribution in [-0.2, 0) is 7.05 Å². The van der Waals surface area contributed by atoms with E-state index in [1.54, 1.807) is 65.1 Å². The van der Waals surface area contributed by atoms with Crippen LogP contribution >= 0.6 is 11.3 Å². The average molecular weight is 404 g/mol. The molecule has 3 aromatic heterocycles. The minimum absolute atomic E-state index is 0.278. The van der Waals surface area contributed by atoms with Crippen LogP contribution in [0, 0.1) is 0 Å². The Hall–Kier alpha value is -3.85. The molecule has 29 heavy (non-hydrogen) atoms. The first-order valence-corrected chi connectivity index (χ1v) is 9.54. The number of aryl methyl sites for hydroxylation is 1. The molecule has 0 aliphatic carbocycles. The zero-order valence-electron chi connectivity index (χ0n) is 15.4. The summed E-state index contributed by atoms with van der Waals surface area (Å²) in [6, 6.07) is 10.1. The third kappa shape index (κ3) is 4.36. The van der Waals surface area contributed by atoms with Crippen LogP contribution in [0.5, 0.6) is 0 Å². The molecule has 0 saturated heterocycles. The van der Waals surface area contributed by atoms with Gasteiger partial charge in [0.1, 0.15) is 10.7 Å². The number of pyridine rings is 1. The molecule has 0 fully saturated rings. The number of carbonyl (C=O) groups excluding carboxylic acids is 2. The van der Waals surface area contributed by atoms with Crippen molar-refractivity contribution in [3.05, 3.63) is 77.8 Å². The van der Waals surface area contributed by atoms with Gasteiger partial charge in [-0.2, -0.15) is 5.10 Å². The smallest absolute Gasteiger partial charge is 0.275 e. The molecule has 4 rings (SSSR count). The summed E-state index contributed by atoms with van der Waals surface area (Å²) < 4.78 is 1.68. The fourth-order valence-electron chi connectivity index (χ4n) is 2.61. The van der Waals surface area contributed by atoms with Crippen LogP contribution in [0.2, 0.25) is 0 Å². The van der Waals surface area contributed by atoms with Gasteiger partial charge < -0.3 is 10.6 Å². The predicted molar refractivity (Wildman–Crippen MR) is 111 cm³/mol. The fraction of sp³-hybridized carbons (Fsp3) is 0.0500. The van der Waals surface area contributed by atoms with Gasteiger partial charge in [0.05, 0.1) is 6.20 Å². The van der Waals surface area contributed by atoms with E-state index in [9.17, 15) is 9.59 Å². The Kier molecular flexibility index (Phi) is 5.12. The maximum absolute atomic E-state index is 12.5. The second-order valence-electron chi connectivity index (χ2n) is 6.17. The van der Waals surface area contributed by atoms with Crippen LogP contribution < -0.4 is 10.6 Å². The third-order valence-electron chi connectivity index (χ3n) is 4.01. The first kappa shape index (κ1) is 18.5. The van der Waals surface area contributed by atoms with Gasteiger partial charge in [-0.1, -0.05) is 6.07 Å². The molecule has 3 heterocycles. The lowest BCUT2D eigenvalue weighted by atomic mass is 10.2. The number of anilines is 2. The number of thiazole rings is 1. The molecule has 144 valence electrons. The van der Waals surface area contributed by atoms with Gasteiger partial charge in [-0.05, 0) is 30.3 Å². The summed E-state index contributed by atoms with van der Waals surface area (Å²) in [7, 11) is 1.82. The van der Waals surface area contributed by atoms with Gasteiger partial charge >= 0.3 is 0 Å². The summed E-state index contributed by atoms with van der Waals surface area (Å²) in [4.78, 5) is 33.2. The van der Waals surface area contributed by atoms with Gasteiger partial charge in [0, 0.05) is 53.5 Å². The minimum atomic E-state index is -0.344. The van der Waals surface area contributed by atoms with Crippen molar-refractivity contribution in [1.29, 1.82) is 0 Å². The Labute approximate surface area is 170 Å². The molecule has 0 unspecified atom stereocenters. The molecule has 0 radical (unpaired) electrons. The minimum Gasteiger partial charge on any atom is -0.322 e. The maximum atomic E-state index is 12.5. The van der Waals surface area contributed by atoms with Crippen molar-refractivity contribution in [1.82, 2.24) is 19.7 Å². The molecule has 8 nitrogen and oxygen atoms in total. The van der Waals surface area contributed by atoms with Crippen LogP contribution in [0.15, 0.2) is 66.6 Å². The zero-order chi connectivity index (χ0) is 20.2. The molecule has 0 atom stereocenters. The van der Waals surface area contributed by atoms with E-state index in [2.05, 4.69) is 25.7 Å². The van der Waals surface area contributed by atoms with Gasteiger partial charge in [0.15, 0.2) is 0 Å². The third-order valence-corrected chi connectivity index (χ3v) is 4.90. The highest BCUT2D eigenvalue weighted by molar-refractivity contribution is 7.13. The summed E-state index contributed by atoms with van der Waals surface area (Å²) in [6.45, 7) is 0. The molecule has 0 spiro atoms. The number of benzene rings is 1. The topological polar surface area (TPSA) is 102 Å². The predicted octanol–water partition coefficient (Wildman–Crippen LogP) is 3.44. The Balaban J connectivity index is 1.46. The highest BCUT2D eigenvalue weighted by atomic mass is 32.1. The van der Waals surface area contributed by atoms with Crippen molar-refractivity contribution in [2.45, 2.75) is 0 Å². The van der Waals surface area contributed by atoms with Gasteiger partial charge in [-0.25, -0.2) is 4.98 Å². The van der Waals surface area contributed by atoms with Crippen LogP contribution in [-0.4, -0.2) is 31.6 Å².